The minimum Gasteiger partial charge on any atom is -0.493 e. The Morgan fingerprint density at radius 3 is 2.60 bits per heavy atom. The van der Waals surface area contributed by atoms with E-state index in [1.54, 1.807) is 35.5 Å². The van der Waals surface area contributed by atoms with Gasteiger partial charge in [0.15, 0.2) is 11.5 Å². The number of ether oxygens (including phenoxy) is 2. The summed E-state index contributed by atoms with van der Waals surface area (Å²) in [5, 5.41) is 2.03. The van der Waals surface area contributed by atoms with E-state index < -0.39 is 11.7 Å². The van der Waals surface area contributed by atoms with Gasteiger partial charge in [-0.2, -0.15) is 0 Å². The number of halogens is 1. The molecule has 2 aromatic carbocycles. The fraction of sp³-hybridized carbons (Fsp3) is 0.333. The molecule has 8 heteroatoms. The molecule has 0 fully saturated rings. The van der Waals surface area contributed by atoms with Crippen LogP contribution in [0.5, 0.6) is 11.5 Å². The van der Waals surface area contributed by atoms with E-state index in [1.165, 1.54) is 21.9 Å². The summed E-state index contributed by atoms with van der Waals surface area (Å²) in [6.45, 7) is 2.95. The normalized spacial score (nSPS) is 14.8. The molecule has 0 spiro atoms. The number of carbonyl (C=O) groups excluding carboxylic acids is 2. The zero-order valence-electron chi connectivity index (χ0n) is 19.9. The van der Waals surface area contributed by atoms with E-state index in [0.717, 1.165) is 12.0 Å². The van der Waals surface area contributed by atoms with E-state index in [9.17, 15) is 14.0 Å². The van der Waals surface area contributed by atoms with Gasteiger partial charge in [0.05, 0.1) is 18.7 Å². The standard InChI is InChI=1S/C27H29FN2O4S/c1-3-14-29(27(32)19-8-4-5-9-21(19)28)17-26(31)30-15-12-25-20(13-16-35-25)22(30)18-34-24-11-7-6-10-23(24)33-2/h4-11,13,16,22H,3,12,14-15,17-18H2,1-2H3/t22-/m0/s1. The van der Waals surface area contributed by atoms with Crippen molar-refractivity contribution in [1.82, 2.24) is 9.80 Å². The highest BCUT2D eigenvalue weighted by molar-refractivity contribution is 7.10. The largest absolute Gasteiger partial charge is 0.493 e. The molecule has 1 aliphatic rings. The van der Waals surface area contributed by atoms with Crippen molar-refractivity contribution >= 4 is 23.2 Å². The number of nitrogens with zero attached hydrogens (tertiary/aromatic N) is 2. The Hall–Kier alpha value is -3.39. The van der Waals surface area contributed by atoms with E-state index in [4.69, 9.17) is 9.47 Å². The second-order valence-electron chi connectivity index (χ2n) is 8.32. The number of methoxy groups -OCH3 is 1. The van der Waals surface area contributed by atoms with Crippen LogP contribution < -0.4 is 9.47 Å². The Bertz CT molecular complexity index is 1180. The van der Waals surface area contributed by atoms with Gasteiger partial charge in [0.1, 0.15) is 19.0 Å². The third-order valence-corrected chi connectivity index (χ3v) is 7.09. The Morgan fingerprint density at radius 1 is 1.11 bits per heavy atom. The van der Waals surface area contributed by atoms with Gasteiger partial charge in [0, 0.05) is 18.0 Å². The van der Waals surface area contributed by atoms with Crippen LogP contribution in [0.2, 0.25) is 0 Å². The summed E-state index contributed by atoms with van der Waals surface area (Å²) in [5.74, 6) is -0.0274. The average Bonchev–Trinajstić information content (AvgIpc) is 3.36. The average molecular weight is 497 g/mol. The van der Waals surface area contributed by atoms with E-state index in [0.29, 0.717) is 31.0 Å². The van der Waals surface area contributed by atoms with Crippen LogP contribution in [-0.4, -0.2) is 55.0 Å². The molecule has 0 unspecified atom stereocenters. The molecule has 0 saturated carbocycles. The monoisotopic (exact) mass is 496 g/mol. The summed E-state index contributed by atoms with van der Waals surface area (Å²) in [7, 11) is 1.59. The first kappa shape index (κ1) is 24.7. The topological polar surface area (TPSA) is 59.1 Å². The summed E-state index contributed by atoms with van der Waals surface area (Å²) in [5.41, 5.74) is 1.04. The van der Waals surface area contributed by atoms with Gasteiger partial charge in [0.25, 0.3) is 5.91 Å². The fourth-order valence-electron chi connectivity index (χ4n) is 4.36. The number of carbonyl (C=O) groups is 2. The second kappa shape index (κ2) is 11.4. The number of benzene rings is 2. The highest BCUT2D eigenvalue weighted by Crippen LogP contribution is 2.35. The SMILES string of the molecule is CCCN(CC(=O)N1CCc2sccc2[C@@H]1COc1ccccc1OC)C(=O)c1ccccc1F. The first-order valence-corrected chi connectivity index (χ1v) is 12.6. The summed E-state index contributed by atoms with van der Waals surface area (Å²) in [4.78, 5) is 31.1. The molecule has 1 aliphatic heterocycles. The van der Waals surface area contributed by atoms with Gasteiger partial charge in [-0.1, -0.05) is 31.2 Å². The van der Waals surface area contributed by atoms with Gasteiger partial charge in [-0.05, 0) is 54.1 Å². The van der Waals surface area contributed by atoms with Crippen molar-refractivity contribution < 1.29 is 23.5 Å². The van der Waals surface area contributed by atoms with Gasteiger partial charge >= 0.3 is 0 Å². The number of amides is 2. The van der Waals surface area contributed by atoms with Gasteiger partial charge < -0.3 is 19.3 Å². The van der Waals surface area contributed by atoms with Gasteiger partial charge in [0.2, 0.25) is 5.91 Å². The minimum absolute atomic E-state index is 0.0245. The Labute approximate surface area is 208 Å². The van der Waals surface area contributed by atoms with E-state index in [-0.39, 0.29) is 30.7 Å². The van der Waals surface area contributed by atoms with E-state index >= 15 is 0 Å². The molecule has 35 heavy (non-hydrogen) atoms. The molecule has 3 aromatic rings. The lowest BCUT2D eigenvalue weighted by molar-refractivity contribution is -0.135. The number of thiophene rings is 1. The molecular formula is C27H29FN2O4S. The number of para-hydroxylation sites is 2. The van der Waals surface area contributed by atoms with E-state index in [2.05, 4.69) is 0 Å². The van der Waals surface area contributed by atoms with Crippen molar-refractivity contribution in [2.24, 2.45) is 0 Å². The van der Waals surface area contributed by atoms with Crippen LogP contribution in [-0.2, 0) is 11.2 Å². The number of hydrogen-bond acceptors (Lipinski definition) is 5. The first-order valence-electron chi connectivity index (χ1n) is 11.7. The maximum absolute atomic E-state index is 14.3. The molecule has 0 N–H and O–H groups in total. The Kier molecular flexibility index (Phi) is 8.02. The molecule has 1 aromatic heterocycles. The number of fused-ring (bicyclic) bond motifs is 1. The van der Waals surface area contributed by atoms with Crippen LogP contribution in [0, 0.1) is 5.82 Å². The van der Waals surface area contributed by atoms with Gasteiger partial charge in [-0.3, -0.25) is 9.59 Å². The lowest BCUT2D eigenvalue weighted by atomic mass is 10.00. The third-order valence-electron chi connectivity index (χ3n) is 6.09. The molecule has 2 heterocycles. The maximum atomic E-state index is 14.3. The van der Waals surface area contributed by atoms with Gasteiger partial charge in [-0.25, -0.2) is 4.39 Å². The van der Waals surface area contributed by atoms with E-state index in [1.807, 2.05) is 42.6 Å². The van der Waals surface area contributed by atoms with Crippen molar-refractivity contribution in [2.45, 2.75) is 25.8 Å². The molecule has 0 radical (unpaired) electrons. The molecule has 184 valence electrons. The van der Waals surface area contributed by atoms with Crippen molar-refractivity contribution in [3.8, 4) is 11.5 Å². The minimum atomic E-state index is -0.588. The van der Waals surface area contributed by atoms with Crippen LogP contribution in [0.15, 0.2) is 60.0 Å². The second-order valence-corrected chi connectivity index (χ2v) is 9.32. The third kappa shape index (κ3) is 5.48. The predicted molar refractivity (Wildman–Crippen MR) is 134 cm³/mol. The van der Waals surface area contributed by atoms with Crippen LogP contribution in [0.1, 0.15) is 40.2 Å². The molecule has 1 atom stereocenters. The number of rotatable bonds is 9. The van der Waals surface area contributed by atoms with Crippen molar-refractivity contribution in [3.63, 3.8) is 0 Å². The van der Waals surface area contributed by atoms with Crippen molar-refractivity contribution in [2.75, 3.05) is 33.4 Å². The summed E-state index contributed by atoms with van der Waals surface area (Å²) >= 11 is 1.67. The quantitative estimate of drug-likeness (QED) is 0.421. The Morgan fingerprint density at radius 2 is 1.86 bits per heavy atom. The maximum Gasteiger partial charge on any atom is 0.257 e. The van der Waals surface area contributed by atoms with Crippen LogP contribution in [0.3, 0.4) is 0 Å². The first-order chi connectivity index (χ1) is 17.0. The van der Waals surface area contributed by atoms with Crippen LogP contribution in [0.4, 0.5) is 4.39 Å². The summed E-state index contributed by atoms with van der Waals surface area (Å²) < 4.78 is 25.8. The zero-order valence-corrected chi connectivity index (χ0v) is 20.7. The fourth-order valence-corrected chi connectivity index (χ4v) is 5.29. The molecule has 0 aliphatic carbocycles. The lowest BCUT2D eigenvalue weighted by Gasteiger charge is -2.37. The summed E-state index contributed by atoms with van der Waals surface area (Å²) in [6.07, 6.45) is 1.40. The molecule has 0 bridgehead atoms. The van der Waals surface area contributed by atoms with Crippen LogP contribution >= 0.6 is 11.3 Å². The molecular weight excluding hydrogens is 467 g/mol. The Balaban J connectivity index is 1.54. The van der Waals surface area contributed by atoms with Crippen LogP contribution in [0.25, 0.3) is 0 Å². The lowest BCUT2D eigenvalue weighted by Crippen LogP contribution is -2.48. The highest BCUT2D eigenvalue weighted by Gasteiger charge is 2.34. The number of hydrogen-bond donors (Lipinski definition) is 0. The van der Waals surface area contributed by atoms with Crippen molar-refractivity contribution in [1.29, 1.82) is 0 Å². The zero-order chi connectivity index (χ0) is 24.8. The van der Waals surface area contributed by atoms with Crippen molar-refractivity contribution in [3.05, 3.63) is 81.8 Å². The highest BCUT2D eigenvalue weighted by atomic mass is 32.1. The molecule has 6 nitrogen and oxygen atoms in total. The summed E-state index contributed by atoms with van der Waals surface area (Å²) in [6, 6.07) is 15.0. The smallest absolute Gasteiger partial charge is 0.257 e. The molecule has 0 saturated heterocycles. The van der Waals surface area contributed by atoms with Gasteiger partial charge in [-0.15, -0.1) is 11.3 Å². The molecule has 2 amide bonds. The predicted octanol–water partition coefficient (Wildman–Crippen LogP) is 4.95. The molecule has 4 rings (SSSR count).